The van der Waals surface area contributed by atoms with Gasteiger partial charge in [-0.2, -0.15) is 0 Å². The molecule has 1 aromatic carbocycles. The molecule has 0 radical (unpaired) electrons. The number of halogens is 1. The molecule has 2 aromatic rings. The third-order valence-corrected chi connectivity index (χ3v) is 4.74. The molecule has 3 rings (SSSR count). The first-order valence-electron chi connectivity index (χ1n) is 9.48. The number of nitrogens with zero attached hydrogens (tertiary/aromatic N) is 1. The molecule has 1 aromatic heterocycles. The van der Waals surface area contributed by atoms with Gasteiger partial charge in [0.1, 0.15) is 11.9 Å². The van der Waals surface area contributed by atoms with Crippen LogP contribution in [0, 0.1) is 12.7 Å². The molecule has 1 aliphatic heterocycles. The van der Waals surface area contributed by atoms with E-state index >= 15 is 0 Å². The molecule has 2 heterocycles. The fourth-order valence-electron chi connectivity index (χ4n) is 3.29. The molecule has 0 atom stereocenters. The van der Waals surface area contributed by atoms with E-state index in [-0.39, 0.29) is 11.9 Å². The summed E-state index contributed by atoms with van der Waals surface area (Å²) in [4.78, 5) is 4.52. The quantitative estimate of drug-likeness (QED) is 0.802. The maximum absolute atomic E-state index is 13.5. The van der Waals surface area contributed by atoms with E-state index in [9.17, 15) is 4.39 Å². The molecule has 1 fully saturated rings. The monoisotopic (exact) mass is 354 g/mol. The maximum atomic E-state index is 13.5. The molecule has 3 nitrogen and oxygen atoms in total. The first-order chi connectivity index (χ1) is 12.7. The zero-order chi connectivity index (χ0) is 18.4. The third kappa shape index (κ3) is 4.70. The summed E-state index contributed by atoms with van der Waals surface area (Å²) in [6.45, 7) is 6.09. The van der Waals surface area contributed by atoms with Gasteiger partial charge >= 0.3 is 0 Å². The molecule has 0 amide bonds. The van der Waals surface area contributed by atoms with E-state index in [1.165, 1.54) is 6.07 Å². The maximum Gasteiger partial charge on any atom is 0.213 e. The lowest BCUT2D eigenvalue weighted by molar-refractivity contribution is 0.156. The standard InChI is InChI=1S/C22H27FN2O/c1-3-4-5-21(20-8-7-18(23)14-16(20)2)17-6-9-22(25-15-17)26-19-10-12-24-13-11-19/h5-9,14-15,19,24H,3-4,10-13H2,1-2H3/b21-5-. The van der Waals surface area contributed by atoms with Crippen molar-refractivity contribution in [2.75, 3.05) is 13.1 Å². The second kappa shape index (κ2) is 8.95. The van der Waals surface area contributed by atoms with Gasteiger partial charge in [-0.15, -0.1) is 0 Å². The van der Waals surface area contributed by atoms with Crippen molar-refractivity contribution < 1.29 is 9.13 Å². The molecule has 1 saturated heterocycles. The summed E-state index contributed by atoms with van der Waals surface area (Å²) >= 11 is 0. The van der Waals surface area contributed by atoms with E-state index in [1.807, 2.05) is 31.3 Å². The molecular formula is C22H27FN2O. The Morgan fingerprint density at radius 1 is 1.27 bits per heavy atom. The SMILES string of the molecule is CCC/C=C(/c1ccc(OC2CCNCC2)nc1)c1ccc(F)cc1C. The van der Waals surface area contributed by atoms with E-state index in [1.54, 1.807) is 6.07 Å². The molecule has 4 heteroatoms. The lowest BCUT2D eigenvalue weighted by Gasteiger charge is -2.23. The minimum Gasteiger partial charge on any atom is -0.474 e. The van der Waals surface area contributed by atoms with Crippen LogP contribution in [0.5, 0.6) is 5.88 Å². The van der Waals surface area contributed by atoms with Crippen LogP contribution in [0.4, 0.5) is 4.39 Å². The molecule has 1 aliphatic rings. The van der Waals surface area contributed by atoms with Crippen LogP contribution in [-0.2, 0) is 0 Å². The number of ether oxygens (including phenoxy) is 1. The highest BCUT2D eigenvalue weighted by atomic mass is 19.1. The van der Waals surface area contributed by atoms with E-state index in [0.29, 0.717) is 5.88 Å². The van der Waals surface area contributed by atoms with Gasteiger partial charge in [-0.25, -0.2) is 9.37 Å². The lowest BCUT2D eigenvalue weighted by Crippen LogP contribution is -2.34. The van der Waals surface area contributed by atoms with Crippen LogP contribution in [-0.4, -0.2) is 24.2 Å². The predicted molar refractivity (Wildman–Crippen MR) is 104 cm³/mol. The molecule has 0 unspecified atom stereocenters. The number of allylic oxidation sites excluding steroid dienone is 1. The number of nitrogens with one attached hydrogen (secondary N) is 1. The highest BCUT2D eigenvalue weighted by Gasteiger charge is 2.15. The molecule has 138 valence electrons. The van der Waals surface area contributed by atoms with Gasteiger partial charge < -0.3 is 10.1 Å². The summed E-state index contributed by atoms with van der Waals surface area (Å²) in [7, 11) is 0. The summed E-state index contributed by atoms with van der Waals surface area (Å²) in [5.74, 6) is 0.469. The molecule has 0 bridgehead atoms. The minimum absolute atomic E-state index is 0.204. The van der Waals surface area contributed by atoms with Gasteiger partial charge in [-0.05, 0) is 74.2 Å². The van der Waals surface area contributed by atoms with Gasteiger partial charge in [0, 0.05) is 17.8 Å². The summed E-state index contributed by atoms with van der Waals surface area (Å²) in [6.07, 6.45) is 8.38. The second-order valence-corrected chi connectivity index (χ2v) is 6.82. The van der Waals surface area contributed by atoms with Gasteiger partial charge in [0.25, 0.3) is 0 Å². The number of hydrogen-bond donors (Lipinski definition) is 1. The Balaban J connectivity index is 1.82. The predicted octanol–water partition coefficient (Wildman–Crippen LogP) is 4.89. The summed E-state index contributed by atoms with van der Waals surface area (Å²) in [6, 6.07) is 8.94. The molecule has 0 aliphatic carbocycles. The fraction of sp³-hybridized carbons (Fsp3) is 0.409. The Bertz CT molecular complexity index is 749. The fourth-order valence-corrected chi connectivity index (χ4v) is 3.29. The topological polar surface area (TPSA) is 34.1 Å². The Labute approximate surface area is 155 Å². The average Bonchev–Trinajstić information content (AvgIpc) is 2.65. The molecular weight excluding hydrogens is 327 g/mol. The number of pyridine rings is 1. The van der Waals surface area contributed by atoms with Crippen molar-refractivity contribution in [2.45, 2.75) is 45.6 Å². The van der Waals surface area contributed by atoms with Crippen LogP contribution < -0.4 is 10.1 Å². The smallest absolute Gasteiger partial charge is 0.213 e. The van der Waals surface area contributed by atoms with Gasteiger partial charge in [-0.1, -0.05) is 25.5 Å². The summed E-state index contributed by atoms with van der Waals surface area (Å²) in [5.41, 5.74) is 4.12. The largest absolute Gasteiger partial charge is 0.474 e. The van der Waals surface area contributed by atoms with Gasteiger partial charge in [0.2, 0.25) is 5.88 Å². The van der Waals surface area contributed by atoms with E-state index in [2.05, 4.69) is 23.3 Å². The molecule has 0 spiro atoms. The second-order valence-electron chi connectivity index (χ2n) is 6.82. The lowest BCUT2D eigenvalue weighted by atomic mass is 9.94. The van der Waals surface area contributed by atoms with Crippen LogP contribution in [0.3, 0.4) is 0 Å². The van der Waals surface area contributed by atoms with Crippen molar-refractivity contribution in [1.29, 1.82) is 0 Å². The van der Waals surface area contributed by atoms with Crippen LogP contribution in [0.25, 0.3) is 5.57 Å². The van der Waals surface area contributed by atoms with Crippen LogP contribution >= 0.6 is 0 Å². The highest BCUT2D eigenvalue weighted by Crippen LogP contribution is 2.28. The minimum atomic E-state index is -0.204. The zero-order valence-corrected chi connectivity index (χ0v) is 15.6. The number of rotatable bonds is 6. The van der Waals surface area contributed by atoms with Crippen molar-refractivity contribution in [1.82, 2.24) is 10.3 Å². The van der Waals surface area contributed by atoms with Crippen molar-refractivity contribution in [2.24, 2.45) is 0 Å². The van der Waals surface area contributed by atoms with Crippen molar-refractivity contribution >= 4 is 5.57 Å². The molecule has 0 saturated carbocycles. The van der Waals surface area contributed by atoms with E-state index in [4.69, 9.17) is 4.74 Å². The van der Waals surface area contributed by atoms with Crippen LogP contribution in [0.15, 0.2) is 42.6 Å². The van der Waals surface area contributed by atoms with Crippen LogP contribution in [0.2, 0.25) is 0 Å². The average molecular weight is 354 g/mol. The third-order valence-electron chi connectivity index (χ3n) is 4.74. The summed E-state index contributed by atoms with van der Waals surface area (Å²) in [5, 5.41) is 3.34. The number of benzene rings is 1. The van der Waals surface area contributed by atoms with E-state index < -0.39 is 0 Å². The number of aryl methyl sites for hydroxylation is 1. The number of aromatic nitrogens is 1. The number of hydrogen-bond acceptors (Lipinski definition) is 3. The Kier molecular flexibility index (Phi) is 6.40. The zero-order valence-electron chi connectivity index (χ0n) is 15.6. The Hall–Kier alpha value is -2.20. The van der Waals surface area contributed by atoms with Gasteiger partial charge in [-0.3, -0.25) is 0 Å². The first-order valence-corrected chi connectivity index (χ1v) is 9.48. The first kappa shape index (κ1) is 18.6. The Morgan fingerprint density at radius 3 is 2.73 bits per heavy atom. The number of piperidine rings is 1. The Morgan fingerprint density at radius 2 is 2.08 bits per heavy atom. The highest BCUT2D eigenvalue weighted by molar-refractivity contribution is 5.81. The van der Waals surface area contributed by atoms with Crippen molar-refractivity contribution in [3.05, 3.63) is 65.1 Å². The molecule has 26 heavy (non-hydrogen) atoms. The molecule has 1 N–H and O–H groups in total. The van der Waals surface area contributed by atoms with Crippen molar-refractivity contribution in [3.8, 4) is 5.88 Å². The normalized spacial score (nSPS) is 15.9. The van der Waals surface area contributed by atoms with Gasteiger partial charge in [0.15, 0.2) is 0 Å². The van der Waals surface area contributed by atoms with Crippen LogP contribution in [0.1, 0.15) is 49.3 Å². The van der Waals surface area contributed by atoms with Crippen molar-refractivity contribution in [3.63, 3.8) is 0 Å². The van der Waals surface area contributed by atoms with Gasteiger partial charge in [0.05, 0.1) is 0 Å². The number of unbranched alkanes of at least 4 members (excludes halogenated alkanes) is 1. The summed E-state index contributed by atoms with van der Waals surface area (Å²) < 4.78 is 19.5. The van der Waals surface area contributed by atoms with E-state index in [0.717, 1.165) is 61.0 Å².